The zero-order valence-corrected chi connectivity index (χ0v) is 22.7. The topological polar surface area (TPSA) is 99.9 Å². The van der Waals surface area contributed by atoms with Gasteiger partial charge in [0, 0.05) is 5.56 Å². The molecule has 2 fully saturated rings. The Kier molecular flexibility index (Phi) is 6.52. The fourth-order valence-corrected chi connectivity index (χ4v) is 6.22. The number of nitrogens with zero attached hydrogens (tertiary/aromatic N) is 1. The number of hydrogen-bond acceptors (Lipinski definition) is 7. The van der Waals surface area contributed by atoms with E-state index in [9.17, 15) is 5.26 Å². The minimum atomic E-state index is -0.917. The Labute approximate surface area is 234 Å². The molecular weight excluding hydrogens is 504 g/mol. The Morgan fingerprint density at radius 2 is 1.40 bits per heavy atom. The van der Waals surface area contributed by atoms with Crippen LogP contribution in [0.4, 0.5) is 5.69 Å². The molecule has 7 nitrogen and oxygen atoms in total. The van der Waals surface area contributed by atoms with Gasteiger partial charge in [-0.2, -0.15) is 5.26 Å². The Hall–Kier alpha value is -3.93. The Bertz CT molecular complexity index is 1420. The molecule has 0 radical (unpaired) electrons. The Balaban J connectivity index is 1.42. The van der Waals surface area contributed by atoms with Gasteiger partial charge in [0.05, 0.1) is 12.3 Å². The van der Waals surface area contributed by atoms with E-state index in [2.05, 4.69) is 36.4 Å². The summed E-state index contributed by atoms with van der Waals surface area (Å²) in [6.07, 6.45) is -0.126. The van der Waals surface area contributed by atoms with Crippen molar-refractivity contribution < 1.29 is 23.4 Å². The summed E-state index contributed by atoms with van der Waals surface area (Å²) >= 11 is 0. The summed E-state index contributed by atoms with van der Waals surface area (Å²) in [6, 6.07) is 32.6. The largest absolute Gasteiger partial charge is 0.451 e. The van der Waals surface area contributed by atoms with Crippen molar-refractivity contribution in [2.75, 3.05) is 12.3 Å². The quantitative estimate of drug-likeness (QED) is 0.285. The molecule has 2 saturated heterocycles. The maximum atomic E-state index is 9.42. The summed E-state index contributed by atoms with van der Waals surface area (Å²) < 4.78 is 32.0. The number of nitrogens with two attached hydrogens (primary N) is 1. The molecule has 0 unspecified atom stereocenters. The fraction of sp³-hybridized carbons (Fsp3) is 0.303. The van der Waals surface area contributed by atoms with Crippen LogP contribution in [-0.2, 0) is 24.5 Å². The molecule has 2 aliphatic heterocycles. The fourth-order valence-electron chi connectivity index (χ4n) is 6.22. The second-order valence-corrected chi connectivity index (χ2v) is 10.9. The minimum Gasteiger partial charge on any atom is -0.451 e. The lowest BCUT2D eigenvalue weighted by atomic mass is 9.80. The standard InChI is InChI=1S/C33H32N2O5/c1-31(2)39-30-27(38-29(32(30,3)40-31)25-20-36-26(19-34)28(25)35)21-37-33(22-13-7-4-8-14-22,23-15-9-5-10-16-23)24-17-11-6-12-18-24/h4-18,20,27,29-30H,21,35H2,1-3H3/t27-,29+,30-,32+/m1/s1. The van der Waals surface area contributed by atoms with Crippen molar-refractivity contribution in [2.45, 2.75) is 56.1 Å². The van der Waals surface area contributed by atoms with E-state index < -0.39 is 35.3 Å². The number of hydrogen-bond donors (Lipinski definition) is 1. The van der Waals surface area contributed by atoms with Gasteiger partial charge in [0.2, 0.25) is 5.76 Å². The summed E-state index contributed by atoms with van der Waals surface area (Å²) in [6.45, 7) is 5.91. The van der Waals surface area contributed by atoms with Crippen LogP contribution < -0.4 is 5.73 Å². The lowest BCUT2D eigenvalue weighted by Crippen LogP contribution is -2.42. The second-order valence-electron chi connectivity index (χ2n) is 10.9. The van der Waals surface area contributed by atoms with Gasteiger partial charge in [0.15, 0.2) is 5.79 Å². The molecule has 2 N–H and O–H groups in total. The van der Waals surface area contributed by atoms with Crippen molar-refractivity contribution in [1.29, 1.82) is 5.26 Å². The number of furan rings is 1. The van der Waals surface area contributed by atoms with E-state index in [0.29, 0.717) is 5.56 Å². The van der Waals surface area contributed by atoms with E-state index in [1.807, 2.05) is 81.4 Å². The Morgan fingerprint density at radius 3 is 1.88 bits per heavy atom. The van der Waals surface area contributed by atoms with Crippen LogP contribution in [0.25, 0.3) is 0 Å². The number of anilines is 1. The van der Waals surface area contributed by atoms with E-state index in [4.69, 9.17) is 29.1 Å². The molecule has 3 aromatic carbocycles. The van der Waals surface area contributed by atoms with Crippen molar-refractivity contribution in [2.24, 2.45) is 0 Å². The molecule has 4 aromatic rings. The first kappa shape index (κ1) is 26.3. The van der Waals surface area contributed by atoms with E-state index in [-0.39, 0.29) is 18.1 Å². The molecule has 0 aliphatic carbocycles. The zero-order valence-electron chi connectivity index (χ0n) is 22.7. The Morgan fingerprint density at radius 1 is 0.875 bits per heavy atom. The molecule has 1 aromatic heterocycles. The normalized spacial score (nSPS) is 25.4. The first-order chi connectivity index (χ1) is 19.3. The molecule has 0 amide bonds. The van der Waals surface area contributed by atoms with Crippen molar-refractivity contribution in [1.82, 2.24) is 0 Å². The molecule has 0 saturated carbocycles. The van der Waals surface area contributed by atoms with E-state index in [1.54, 1.807) is 0 Å². The number of rotatable bonds is 7. The van der Waals surface area contributed by atoms with Crippen molar-refractivity contribution in [3.05, 3.63) is 125 Å². The maximum absolute atomic E-state index is 9.42. The number of nitriles is 1. The number of nitrogen functional groups attached to an aromatic ring is 1. The van der Waals surface area contributed by atoms with Gasteiger partial charge in [-0.1, -0.05) is 91.0 Å². The first-order valence-corrected chi connectivity index (χ1v) is 13.4. The average Bonchev–Trinajstić information content (AvgIpc) is 3.55. The SMILES string of the molecule is CC1(C)O[C@@H]2[C@@H](COC(c3ccccc3)(c3ccccc3)c3ccccc3)O[C@@H](c3coc(C#N)c3N)[C@]2(C)O1. The van der Waals surface area contributed by atoms with E-state index in [0.717, 1.165) is 16.7 Å². The minimum absolute atomic E-state index is 0.0490. The number of benzene rings is 3. The van der Waals surface area contributed by atoms with Gasteiger partial charge in [0.1, 0.15) is 41.8 Å². The van der Waals surface area contributed by atoms with Gasteiger partial charge in [0.25, 0.3) is 0 Å². The monoisotopic (exact) mass is 536 g/mol. The van der Waals surface area contributed by atoms with Crippen LogP contribution in [0, 0.1) is 11.3 Å². The van der Waals surface area contributed by atoms with Gasteiger partial charge in [-0.15, -0.1) is 0 Å². The molecule has 6 rings (SSSR count). The summed E-state index contributed by atoms with van der Waals surface area (Å²) in [7, 11) is 0. The third kappa shape index (κ3) is 4.21. The molecule has 0 spiro atoms. The molecule has 7 heteroatoms. The van der Waals surface area contributed by atoms with Gasteiger partial charge < -0.3 is 29.1 Å². The van der Waals surface area contributed by atoms with Crippen molar-refractivity contribution >= 4 is 5.69 Å². The maximum Gasteiger partial charge on any atom is 0.226 e. The lowest BCUT2D eigenvalue weighted by molar-refractivity contribution is -0.210. The summed E-state index contributed by atoms with van der Waals surface area (Å²) in [5.74, 6) is -0.807. The second kappa shape index (κ2) is 9.92. The smallest absolute Gasteiger partial charge is 0.226 e. The predicted octanol–water partition coefficient (Wildman–Crippen LogP) is 6.09. The van der Waals surface area contributed by atoms with Crippen LogP contribution in [0.2, 0.25) is 0 Å². The lowest BCUT2D eigenvalue weighted by Gasteiger charge is -2.37. The van der Waals surface area contributed by atoms with Gasteiger partial charge in [-0.3, -0.25) is 0 Å². The van der Waals surface area contributed by atoms with Crippen LogP contribution in [-0.4, -0.2) is 30.2 Å². The van der Waals surface area contributed by atoms with Crippen LogP contribution in [0.15, 0.2) is 102 Å². The summed E-state index contributed by atoms with van der Waals surface area (Å²) in [5, 5.41) is 9.42. The van der Waals surface area contributed by atoms with Crippen LogP contribution in [0.5, 0.6) is 0 Å². The van der Waals surface area contributed by atoms with Gasteiger partial charge in [-0.25, -0.2) is 0 Å². The molecule has 2 aliphatic rings. The molecule has 0 bridgehead atoms. The third-order valence-electron chi connectivity index (χ3n) is 7.86. The average molecular weight is 537 g/mol. The molecule has 204 valence electrons. The highest BCUT2D eigenvalue weighted by Crippen LogP contribution is 2.54. The number of fused-ring (bicyclic) bond motifs is 1. The highest BCUT2D eigenvalue weighted by atomic mass is 16.8. The van der Waals surface area contributed by atoms with Gasteiger partial charge >= 0.3 is 0 Å². The molecule has 40 heavy (non-hydrogen) atoms. The molecular formula is C33H32N2O5. The zero-order chi connectivity index (χ0) is 28.0. The van der Waals surface area contributed by atoms with Crippen molar-refractivity contribution in [3.63, 3.8) is 0 Å². The third-order valence-corrected chi connectivity index (χ3v) is 7.86. The number of ether oxygens (including phenoxy) is 4. The highest BCUT2D eigenvalue weighted by molar-refractivity contribution is 5.56. The summed E-state index contributed by atoms with van der Waals surface area (Å²) in [4.78, 5) is 0. The summed E-state index contributed by atoms with van der Waals surface area (Å²) in [5.41, 5.74) is 8.27. The van der Waals surface area contributed by atoms with Crippen LogP contribution in [0.1, 0.15) is 54.9 Å². The van der Waals surface area contributed by atoms with Crippen LogP contribution in [0.3, 0.4) is 0 Å². The van der Waals surface area contributed by atoms with Gasteiger partial charge in [-0.05, 0) is 37.5 Å². The highest BCUT2D eigenvalue weighted by Gasteiger charge is 2.64. The first-order valence-electron chi connectivity index (χ1n) is 13.4. The van der Waals surface area contributed by atoms with Crippen molar-refractivity contribution in [3.8, 4) is 6.07 Å². The predicted molar refractivity (Wildman–Crippen MR) is 149 cm³/mol. The molecule has 3 heterocycles. The van der Waals surface area contributed by atoms with Crippen LogP contribution >= 0.6 is 0 Å². The van der Waals surface area contributed by atoms with E-state index >= 15 is 0 Å². The van der Waals surface area contributed by atoms with E-state index in [1.165, 1.54) is 6.26 Å². The molecule has 4 atom stereocenters.